The van der Waals surface area contributed by atoms with Gasteiger partial charge in [0.25, 0.3) is 0 Å². The van der Waals surface area contributed by atoms with Crippen molar-refractivity contribution in [3.05, 3.63) is 59.1 Å². The van der Waals surface area contributed by atoms with Crippen molar-refractivity contribution in [2.24, 2.45) is 0 Å². The summed E-state index contributed by atoms with van der Waals surface area (Å²) in [5.74, 6) is 0.0192. The fourth-order valence-electron chi connectivity index (χ4n) is 3.09. The summed E-state index contributed by atoms with van der Waals surface area (Å²) in [6, 6.07) is 14.7. The molecule has 0 spiro atoms. The van der Waals surface area contributed by atoms with Crippen molar-refractivity contribution in [1.29, 1.82) is 0 Å². The molecule has 0 radical (unpaired) electrons. The molecule has 2 amide bonds. The van der Waals surface area contributed by atoms with E-state index in [1.807, 2.05) is 42.5 Å². The van der Waals surface area contributed by atoms with Crippen LogP contribution in [0.4, 0.5) is 16.2 Å². The zero-order valence-corrected chi connectivity index (χ0v) is 15.8. The molecule has 1 heterocycles. The Morgan fingerprint density at radius 3 is 2.67 bits per heavy atom. The minimum Gasteiger partial charge on any atom is -0.453 e. The van der Waals surface area contributed by atoms with Crippen molar-refractivity contribution in [2.45, 2.75) is 25.4 Å². The average molecular weight is 388 g/mol. The second kappa shape index (κ2) is 8.77. The molecule has 0 unspecified atom stereocenters. The van der Waals surface area contributed by atoms with Crippen LogP contribution in [0, 0.1) is 0 Å². The summed E-state index contributed by atoms with van der Waals surface area (Å²) in [7, 11) is 1.33. The van der Waals surface area contributed by atoms with Gasteiger partial charge in [-0.3, -0.25) is 4.79 Å². The summed E-state index contributed by atoms with van der Waals surface area (Å²) in [5.41, 5.74) is 2.55. The van der Waals surface area contributed by atoms with Gasteiger partial charge in [-0.2, -0.15) is 0 Å². The number of anilines is 2. The van der Waals surface area contributed by atoms with Gasteiger partial charge in [0.1, 0.15) is 6.04 Å². The maximum absolute atomic E-state index is 12.9. The quantitative estimate of drug-likeness (QED) is 0.818. The van der Waals surface area contributed by atoms with E-state index in [1.165, 1.54) is 7.11 Å². The van der Waals surface area contributed by atoms with Gasteiger partial charge < -0.3 is 20.3 Å². The Morgan fingerprint density at radius 1 is 1.22 bits per heavy atom. The maximum Gasteiger partial charge on any atom is 0.407 e. The van der Waals surface area contributed by atoms with E-state index in [0.29, 0.717) is 18.1 Å². The van der Waals surface area contributed by atoms with E-state index >= 15 is 0 Å². The number of halogens is 1. The van der Waals surface area contributed by atoms with Crippen LogP contribution in [0.1, 0.15) is 18.4 Å². The first-order valence-electron chi connectivity index (χ1n) is 8.81. The molecule has 2 aromatic carbocycles. The lowest BCUT2D eigenvalue weighted by Crippen LogP contribution is -2.47. The molecule has 3 rings (SSSR count). The number of benzene rings is 2. The third-order valence-electron chi connectivity index (χ3n) is 4.50. The smallest absolute Gasteiger partial charge is 0.407 e. The predicted molar refractivity (Wildman–Crippen MR) is 106 cm³/mol. The minimum absolute atomic E-state index is 0.0192. The molecule has 0 aromatic heterocycles. The number of ether oxygens (including phenoxy) is 1. The molecule has 27 heavy (non-hydrogen) atoms. The number of hydrogen-bond donors (Lipinski definition) is 2. The van der Waals surface area contributed by atoms with E-state index in [9.17, 15) is 9.59 Å². The lowest BCUT2D eigenvalue weighted by Gasteiger charge is -2.33. The molecule has 1 aliphatic heterocycles. The number of carbonyl (C=O) groups is 2. The summed E-state index contributed by atoms with van der Waals surface area (Å²) >= 11 is 6.26. The Morgan fingerprint density at radius 2 is 1.96 bits per heavy atom. The van der Waals surface area contributed by atoms with Crippen molar-refractivity contribution in [3.63, 3.8) is 0 Å². The molecule has 1 fully saturated rings. The number of methoxy groups -OCH3 is 1. The molecule has 0 bridgehead atoms. The van der Waals surface area contributed by atoms with Gasteiger partial charge in [-0.25, -0.2) is 4.79 Å². The fourth-order valence-corrected chi connectivity index (χ4v) is 3.32. The number of rotatable bonds is 5. The van der Waals surface area contributed by atoms with Gasteiger partial charge >= 0.3 is 6.09 Å². The summed E-state index contributed by atoms with van der Waals surface area (Å²) in [5, 5.41) is 6.52. The van der Waals surface area contributed by atoms with E-state index < -0.39 is 6.09 Å². The van der Waals surface area contributed by atoms with Crippen molar-refractivity contribution < 1.29 is 14.3 Å². The molecule has 2 aromatic rings. The highest BCUT2D eigenvalue weighted by molar-refractivity contribution is 6.33. The van der Waals surface area contributed by atoms with Gasteiger partial charge in [0.05, 0.1) is 17.8 Å². The van der Waals surface area contributed by atoms with Crippen LogP contribution >= 0.6 is 11.6 Å². The second-order valence-corrected chi connectivity index (χ2v) is 6.73. The van der Waals surface area contributed by atoms with Crippen molar-refractivity contribution >= 4 is 35.0 Å². The van der Waals surface area contributed by atoms with Gasteiger partial charge in [0.15, 0.2) is 0 Å². The van der Waals surface area contributed by atoms with Crippen LogP contribution in [0.2, 0.25) is 5.02 Å². The van der Waals surface area contributed by atoms with Crippen molar-refractivity contribution in [1.82, 2.24) is 5.32 Å². The highest BCUT2D eigenvalue weighted by Gasteiger charge is 2.30. The lowest BCUT2D eigenvalue weighted by atomic mass is 10.0. The second-order valence-electron chi connectivity index (χ2n) is 6.32. The van der Waals surface area contributed by atoms with Crippen molar-refractivity contribution in [2.75, 3.05) is 23.9 Å². The molecule has 1 aliphatic rings. The normalized spacial score (nSPS) is 16.7. The third-order valence-corrected chi connectivity index (χ3v) is 4.82. The van der Waals surface area contributed by atoms with E-state index in [1.54, 1.807) is 11.0 Å². The minimum atomic E-state index is -0.468. The first-order chi connectivity index (χ1) is 13.1. The Labute approximate surface area is 163 Å². The Kier molecular flexibility index (Phi) is 6.19. The van der Waals surface area contributed by atoms with Crippen LogP contribution < -0.4 is 15.5 Å². The Hall–Kier alpha value is -2.73. The molecule has 0 aliphatic carbocycles. The van der Waals surface area contributed by atoms with E-state index in [-0.39, 0.29) is 11.9 Å². The third kappa shape index (κ3) is 4.71. The number of amides is 2. The van der Waals surface area contributed by atoms with Crippen molar-refractivity contribution in [3.8, 4) is 0 Å². The summed E-state index contributed by atoms with van der Waals surface area (Å²) in [6.45, 7) is 1.05. The van der Waals surface area contributed by atoms with Crippen LogP contribution in [-0.2, 0) is 16.1 Å². The van der Waals surface area contributed by atoms with Crippen LogP contribution in [0.15, 0.2) is 48.5 Å². The molecular formula is C20H22ClN3O3. The average Bonchev–Trinajstić information content (AvgIpc) is 2.69. The molecule has 7 heteroatoms. The first-order valence-corrected chi connectivity index (χ1v) is 9.19. The Bertz CT molecular complexity index is 810. The molecule has 2 N–H and O–H groups in total. The SMILES string of the molecule is COC(=O)NCc1ccc(N[C@H]2CCCN(c3ccccc3Cl)C2=O)cc1. The van der Waals surface area contributed by atoms with Crippen LogP contribution in [0.5, 0.6) is 0 Å². The summed E-state index contributed by atoms with van der Waals surface area (Å²) in [4.78, 5) is 25.8. The number of para-hydroxylation sites is 1. The number of carbonyl (C=O) groups excluding carboxylic acids is 2. The van der Waals surface area contributed by atoms with Gasteiger partial charge in [-0.15, -0.1) is 0 Å². The monoisotopic (exact) mass is 387 g/mol. The molecule has 1 saturated heterocycles. The molecule has 0 saturated carbocycles. The number of piperidine rings is 1. The number of alkyl carbamates (subject to hydrolysis) is 1. The summed E-state index contributed by atoms with van der Waals surface area (Å²) < 4.78 is 4.55. The molecular weight excluding hydrogens is 366 g/mol. The van der Waals surface area contributed by atoms with E-state index in [2.05, 4.69) is 15.4 Å². The topological polar surface area (TPSA) is 70.7 Å². The number of nitrogens with one attached hydrogen (secondary N) is 2. The number of hydrogen-bond acceptors (Lipinski definition) is 4. The molecule has 6 nitrogen and oxygen atoms in total. The fraction of sp³-hybridized carbons (Fsp3) is 0.300. The first kappa shape index (κ1) is 19.0. The zero-order valence-electron chi connectivity index (χ0n) is 15.1. The Balaban J connectivity index is 1.64. The molecule has 1 atom stereocenters. The van der Waals surface area contributed by atoms with Crippen LogP contribution in [0.3, 0.4) is 0 Å². The highest BCUT2D eigenvalue weighted by atomic mass is 35.5. The number of nitrogens with zero attached hydrogens (tertiary/aromatic N) is 1. The van der Waals surface area contributed by atoms with Gasteiger partial charge in [-0.05, 0) is 42.7 Å². The van der Waals surface area contributed by atoms with Gasteiger partial charge in [0, 0.05) is 18.8 Å². The lowest BCUT2D eigenvalue weighted by molar-refractivity contribution is -0.120. The van der Waals surface area contributed by atoms with E-state index in [4.69, 9.17) is 11.6 Å². The van der Waals surface area contributed by atoms with Crippen LogP contribution in [-0.4, -0.2) is 31.7 Å². The zero-order chi connectivity index (χ0) is 19.2. The van der Waals surface area contributed by atoms with Gasteiger partial charge in [0.2, 0.25) is 5.91 Å². The predicted octanol–water partition coefficient (Wildman–Crippen LogP) is 3.80. The standard InChI is InChI=1S/C20H22ClN3O3/c1-27-20(26)22-13-14-8-10-15(11-9-14)23-17-6-4-12-24(19(17)25)18-7-3-2-5-16(18)21/h2-3,5,7-11,17,23H,4,6,12-13H2,1H3,(H,22,26)/t17-/m0/s1. The maximum atomic E-state index is 12.9. The highest BCUT2D eigenvalue weighted by Crippen LogP contribution is 2.29. The van der Waals surface area contributed by atoms with Gasteiger partial charge in [-0.1, -0.05) is 35.9 Å². The van der Waals surface area contributed by atoms with Crippen LogP contribution in [0.25, 0.3) is 0 Å². The largest absolute Gasteiger partial charge is 0.453 e. The van der Waals surface area contributed by atoms with E-state index in [0.717, 1.165) is 29.8 Å². The summed E-state index contributed by atoms with van der Waals surface area (Å²) in [6.07, 6.45) is 1.20. The molecule has 142 valence electrons.